The van der Waals surface area contributed by atoms with Gasteiger partial charge in [0, 0.05) is 15.8 Å². The van der Waals surface area contributed by atoms with Crippen molar-refractivity contribution in [2.24, 2.45) is 5.18 Å². The maximum Gasteiger partial charge on any atom is 0.318 e. The van der Waals surface area contributed by atoms with E-state index in [1.807, 2.05) is 0 Å². The summed E-state index contributed by atoms with van der Waals surface area (Å²) >= 11 is 1.45. The number of hydrogen-bond acceptors (Lipinski definition) is 4. The summed E-state index contributed by atoms with van der Waals surface area (Å²) in [5.74, 6) is -0.598. The molecule has 1 atom stereocenters. The van der Waals surface area contributed by atoms with Gasteiger partial charge < -0.3 is 5.32 Å². The number of carbonyl (C=O) groups is 1. The number of hydrogen-bond donors (Lipinski definition) is 1. The maximum atomic E-state index is 11.0. The molecule has 70 valence electrons. The zero-order valence-electron chi connectivity index (χ0n) is 7.08. The topological polar surface area (TPSA) is 58.5 Å². The van der Waals surface area contributed by atoms with E-state index in [2.05, 4.69) is 10.5 Å². The molecule has 4 nitrogen and oxygen atoms in total. The molecule has 1 aliphatic carbocycles. The van der Waals surface area contributed by atoms with E-state index in [1.165, 1.54) is 29.5 Å². The summed E-state index contributed by atoms with van der Waals surface area (Å²) in [6, 6.07) is 0. The largest absolute Gasteiger partial charge is 0.368 e. The average Bonchev–Trinajstić information content (AvgIpc) is 2.59. The molecule has 0 radical (unpaired) electrons. The number of nitrogens with zero attached hydrogens (tertiary/aromatic N) is 1. The van der Waals surface area contributed by atoms with Crippen molar-refractivity contribution >= 4 is 17.7 Å². The Morgan fingerprint density at radius 3 is 2.92 bits per heavy atom. The van der Waals surface area contributed by atoms with Crippen LogP contribution in [0.5, 0.6) is 0 Å². The molecule has 2 aliphatic rings. The van der Waals surface area contributed by atoms with Crippen LogP contribution in [0.25, 0.3) is 0 Å². The molecule has 13 heavy (non-hydrogen) atoms. The van der Waals surface area contributed by atoms with Crippen molar-refractivity contribution in [2.75, 3.05) is 0 Å². The third-order valence-electron chi connectivity index (χ3n) is 2.30. The van der Waals surface area contributed by atoms with Crippen LogP contribution in [0.15, 0.2) is 15.8 Å². The molecular weight excluding hydrogens is 188 g/mol. The smallest absolute Gasteiger partial charge is 0.318 e. The number of thioether (sulfide) groups is 1. The second-order valence-electron chi connectivity index (χ2n) is 3.18. The molecule has 2 rings (SSSR count). The van der Waals surface area contributed by atoms with Gasteiger partial charge in [-0.2, -0.15) is 0 Å². The van der Waals surface area contributed by atoms with E-state index in [1.54, 1.807) is 0 Å². The van der Waals surface area contributed by atoms with Crippen molar-refractivity contribution in [1.29, 1.82) is 0 Å². The normalized spacial score (nSPS) is 26.6. The van der Waals surface area contributed by atoms with Gasteiger partial charge >= 0.3 is 5.91 Å². The second kappa shape index (κ2) is 3.49. The molecule has 5 heteroatoms. The molecular formula is C8H10N2O2S. The molecule has 0 bridgehead atoms. The standard InChI is InChI=1S/C8H10N2O2S/c11-7(10-12)8-9-5-3-1-2-4-6(5)13-8/h8-9H,1-4H2. The van der Waals surface area contributed by atoms with Gasteiger partial charge in [-0.05, 0) is 25.7 Å². The van der Waals surface area contributed by atoms with Crippen LogP contribution in [0.1, 0.15) is 25.7 Å². The minimum absolute atomic E-state index is 0.444. The maximum absolute atomic E-state index is 11.0. The van der Waals surface area contributed by atoms with E-state index in [9.17, 15) is 9.70 Å². The van der Waals surface area contributed by atoms with Gasteiger partial charge in [0.05, 0.1) is 0 Å². The zero-order chi connectivity index (χ0) is 9.26. The van der Waals surface area contributed by atoms with E-state index in [0.717, 1.165) is 18.5 Å². The van der Waals surface area contributed by atoms with Crippen LogP contribution in [-0.2, 0) is 4.79 Å². The van der Waals surface area contributed by atoms with Gasteiger partial charge in [-0.3, -0.25) is 4.79 Å². The lowest BCUT2D eigenvalue weighted by Crippen LogP contribution is -2.27. The Kier molecular flexibility index (Phi) is 2.35. The number of nitroso groups, excluding NO2 is 1. The lowest BCUT2D eigenvalue weighted by atomic mass is 10.0. The molecule has 1 heterocycles. The first-order valence-corrected chi connectivity index (χ1v) is 5.21. The summed E-state index contributed by atoms with van der Waals surface area (Å²) in [5, 5.41) is 5.03. The third kappa shape index (κ3) is 1.60. The molecule has 0 spiro atoms. The quantitative estimate of drug-likeness (QED) is 0.652. The van der Waals surface area contributed by atoms with Crippen molar-refractivity contribution in [3.8, 4) is 0 Å². The summed E-state index contributed by atoms with van der Waals surface area (Å²) in [6.45, 7) is 0. The Morgan fingerprint density at radius 1 is 1.46 bits per heavy atom. The first kappa shape index (κ1) is 8.74. The van der Waals surface area contributed by atoms with Crippen molar-refractivity contribution in [2.45, 2.75) is 31.1 Å². The van der Waals surface area contributed by atoms with Crippen molar-refractivity contribution in [3.05, 3.63) is 15.5 Å². The Labute approximate surface area is 80.1 Å². The van der Waals surface area contributed by atoms with Crippen molar-refractivity contribution < 1.29 is 4.79 Å². The summed E-state index contributed by atoms with van der Waals surface area (Å²) in [6.07, 6.45) is 4.39. The summed E-state index contributed by atoms with van der Waals surface area (Å²) < 4.78 is 0. The molecule has 1 N–H and O–H groups in total. The third-order valence-corrected chi connectivity index (χ3v) is 3.59. The molecule has 0 aromatic rings. The van der Waals surface area contributed by atoms with Crippen LogP contribution in [0.4, 0.5) is 0 Å². The van der Waals surface area contributed by atoms with Crippen LogP contribution >= 0.6 is 11.8 Å². The fourth-order valence-electron chi connectivity index (χ4n) is 1.65. The van der Waals surface area contributed by atoms with Gasteiger partial charge in [-0.15, -0.1) is 4.91 Å². The van der Waals surface area contributed by atoms with E-state index in [4.69, 9.17) is 0 Å². The molecule has 1 aliphatic heterocycles. The van der Waals surface area contributed by atoms with E-state index < -0.39 is 11.3 Å². The monoisotopic (exact) mass is 198 g/mol. The average molecular weight is 198 g/mol. The molecule has 0 aromatic carbocycles. The predicted octanol–water partition coefficient (Wildman–Crippen LogP) is 1.73. The highest BCUT2D eigenvalue weighted by Crippen LogP contribution is 2.39. The molecule has 0 saturated heterocycles. The van der Waals surface area contributed by atoms with Crippen LogP contribution in [0.3, 0.4) is 0 Å². The predicted molar refractivity (Wildman–Crippen MR) is 50.8 cm³/mol. The van der Waals surface area contributed by atoms with Crippen molar-refractivity contribution in [3.63, 3.8) is 0 Å². The van der Waals surface area contributed by atoms with Crippen molar-refractivity contribution in [1.82, 2.24) is 5.32 Å². The van der Waals surface area contributed by atoms with Crippen LogP contribution in [0.2, 0.25) is 0 Å². The van der Waals surface area contributed by atoms with Gasteiger partial charge in [0.25, 0.3) is 0 Å². The fraction of sp³-hybridized carbons (Fsp3) is 0.625. The highest BCUT2D eigenvalue weighted by atomic mass is 32.2. The Hall–Kier alpha value is -0.840. The van der Waals surface area contributed by atoms with Gasteiger partial charge in [-0.1, -0.05) is 11.8 Å². The van der Waals surface area contributed by atoms with E-state index >= 15 is 0 Å². The highest BCUT2D eigenvalue weighted by molar-refractivity contribution is 8.04. The SMILES string of the molecule is O=NC(=O)C1NC2=C(CCCC2)S1. The lowest BCUT2D eigenvalue weighted by molar-refractivity contribution is -0.117. The molecule has 0 fully saturated rings. The zero-order valence-corrected chi connectivity index (χ0v) is 7.89. The van der Waals surface area contributed by atoms with Gasteiger partial charge in [0.1, 0.15) is 0 Å². The minimum Gasteiger partial charge on any atom is -0.368 e. The van der Waals surface area contributed by atoms with Gasteiger partial charge in [0.2, 0.25) is 0 Å². The Balaban J connectivity index is 2.05. The van der Waals surface area contributed by atoms with Crippen LogP contribution in [-0.4, -0.2) is 11.3 Å². The molecule has 1 amide bonds. The number of nitrogens with one attached hydrogen (secondary N) is 1. The summed E-state index contributed by atoms with van der Waals surface area (Å²) in [5.41, 5.74) is 1.15. The molecule has 0 aromatic heterocycles. The fourth-order valence-corrected chi connectivity index (χ4v) is 2.85. The van der Waals surface area contributed by atoms with E-state index in [-0.39, 0.29) is 0 Å². The van der Waals surface area contributed by atoms with Crippen LogP contribution in [0, 0.1) is 4.91 Å². The summed E-state index contributed by atoms with van der Waals surface area (Å²) in [4.78, 5) is 22.2. The number of allylic oxidation sites excluding steroid dienone is 2. The second-order valence-corrected chi connectivity index (χ2v) is 4.38. The molecule has 0 saturated carbocycles. The summed E-state index contributed by atoms with van der Waals surface area (Å²) in [7, 11) is 0. The van der Waals surface area contributed by atoms with Gasteiger partial charge in [0.15, 0.2) is 5.37 Å². The van der Waals surface area contributed by atoms with Gasteiger partial charge in [-0.25, -0.2) is 0 Å². The number of amides is 1. The van der Waals surface area contributed by atoms with Crippen LogP contribution < -0.4 is 5.32 Å². The number of rotatable bonds is 1. The highest BCUT2D eigenvalue weighted by Gasteiger charge is 2.31. The Bertz CT molecular complexity index is 270. The lowest BCUT2D eigenvalue weighted by Gasteiger charge is -2.11. The minimum atomic E-state index is -0.598. The Morgan fingerprint density at radius 2 is 2.23 bits per heavy atom. The number of carbonyl (C=O) groups excluding carboxylic acids is 1. The first-order valence-electron chi connectivity index (χ1n) is 4.33. The first-order chi connectivity index (χ1) is 6.31. The van der Waals surface area contributed by atoms with E-state index in [0.29, 0.717) is 0 Å². The molecule has 1 unspecified atom stereocenters.